The number of nitro groups is 1. The smallest absolute Gasteiger partial charge is 0.310 e. The highest BCUT2D eigenvalue weighted by atomic mass is 16.6. The first-order chi connectivity index (χ1) is 11.2. The van der Waals surface area contributed by atoms with E-state index in [9.17, 15) is 14.9 Å². The fourth-order valence-electron chi connectivity index (χ4n) is 1.73. The number of amides is 1. The maximum atomic E-state index is 11.6. The van der Waals surface area contributed by atoms with Gasteiger partial charge in [-0.15, -0.1) is 0 Å². The van der Waals surface area contributed by atoms with E-state index >= 15 is 0 Å². The molecule has 6 heteroatoms. The van der Waals surface area contributed by atoms with Gasteiger partial charge in [-0.3, -0.25) is 14.9 Å². The van der Waals surface area contributed by atoms with Crippen LogP contribution in [0.25, 0.3) is 0 Å². The molecule has 0 radical (unpaired) electrons. The quantitative estimate of drug-likeness (QED) is 0.521. The summed E-state index contributed by atoms with van der Waals surface area (Å²) in [4.78, 5) is 21.9. The molecule has 2 aromatic carbocycles. The van der Waals surface area contributed by atoms with Gasteiger partial charge in [0, 0.05) is 11.6 Å². The minimum atomic E-state index is -0.557. The fraction of sp³-hybridized carbons (Fsp3) is 0.118. The van der Waals surface area contributed by atoms with Crippen LogP contribution in [0.1, 0.15) is 5.56 Å². The van der Waals surface area contributed by atoms with Gasteiger partial charge < -0.3 is 10.1 Å². The van der Waals surface area contributed by atoms with Crippen LogP contribution >= 0.6 is 0 Å². The summed E-state index contributed by atoms with van der Waals surface area (Å²) in [6, 6.07) is 15.3. The molecule has 0 aliphatic heterocycles. The van der Waals surface area contributed by atoms with Crippen LogP contribution in [-0.4, -0.2) is 24.0 Å². The molecule has 0 aromatic heterocycles. The summed E-state index contributed by atoms with van der Waals surface area (Å²) in [6.45, 7) is -0.133. The summed E-state index contributed by atoms with van der Waals surface area (Å²) < 4.78 is 5.17. The van der Waals surface area contributed by atoms with Gasteiger partial charge in [0.2, 0.25) is 0 Å². The molecular formula is C17H14N2O4. The molecule has 1 N–H and O–H groups in total. The van der Waals surface area contributed by atoms with E-state index in [2.05, 4.69) is 17.2 Å². The van der Waals surface area contributed by atoms with Gasteiger partial charge in [-0.25, -0.2) is 0 Å². The molecule has 0 saturated carbocycles. The Morgan fingerprint density at radius 1 is 1.13 bits per heavy atom. The number of nitro benzene ring substituents is 1. The lowest BCUT2D eigenvalue weighted by atomic mass is 10.2. The molecule has 0 unspecified atom stereocenters. The molecule has 0 aliphatic carbocycles. The van der Waals surface area contributed by atoms with Gasteiger partial charge in [0.05, 0.1) is 11.5 Å². The first-order valence-electron chi connectivity index (χ1n) is 6.83. The predicted octanol–water partition coefficient (Wildman–Crippen LogP) is 2.14. The Labute approximate surface area is 133 Å². The van der Waals surface area contributed by atoms with Crippen LogP contribution in [0.5, 0.6) is 5.75 Å². The van der Waals surface area contributed by atoms with Crippen molar-refractivity contribution in [1.29, 1.82) is 0 Å². The third-order valence-electron chi connectivity index (χ3n) is 2.80. The van der Waals surface area contributed by atoms with Crippen LogP contribution in [0.15, 0.2) is 54.6 Å². The number of hydrogen-bond donors (Lipinski definition) is 1. The lowest BCUT2D eigenvalue weighted by molar-refractivity contribution is -0.385. The van der Waals surface area contributed by atoms with E-state index in [-0.39, 0.29) is 24.6 Å². The first kappa shape index (κ1) is 16.0. The fourth-order valence-corrected chi connectivity index (χ4v) is 1.73. The number of rotatable bonds is 5. The number of hydrogen-bond acceptors (Lipinski definition) is 4. The lowest BCUT2D eigenvalue weighted by Gasteiger charge is -2.05. The molecule has 23 heavy (non-hydrogen) atoms. The van der Waals surface area contributed by atoms with Crippen LogP contribution in [0, 0.1) is 22.0 Å². The van der Waals surface area contributed by atoms with Crippen molar-refractivity contribution in [3.05, 3.63) is 70.3 Å². The molecule has 0 saturated heterocycles. The van der Waals surface area contributed by atoms with E-state index in [0.29, 0.717) is 0 Å². The molecule has 116 valence electrons. The minimum Gasteiger partial charge on any atom is -0.477 e. The summed E-state index contributed by atoms with van der Waals surface area (Å²) >= 11 is 0. The van der Waals surface area contributed by atoms with E-state index in [1.165, 1.54) is 18.2 Å². The zero-order valence-corrected chi connectivity index (χ0v) is 12.2. The monoisotopic (exact) mass is 310 g/mol. The number of ether oxygens (including phenoxy) is 1. The standard InChI is InChI=1S/C17H14N2O4/c20-17(18-12-6-9-14-7-2-1-3-8-14)13-23-16-11-5-4-10-15(16)19(21)22/h1-5,7-8,10-11H,12-13H2,(H,18,20). The Balaban J connectivity index is 1.80. The average Bonchev–Trinajstić information content (AvgIpc) is 2.58. The highest BCUT2D eigenvalue weighted by molar-refractivity contribution is 5.77. The number of nitrogens with zero attached hydrogens (tertiary/aromatic N) is 1. The summed E-state index contributed by atoms with van der Waals surface area (Å²) in [5, 5.41) is 13.4. The Morgan fingerprint density at radius 3 is 2.57 bits per heavy atom. The maximum Gasteiger partial charge on any atom is 0.310 e. The molecule has 0 spiro atoms. The third kappa shape index (κ3) is 5.17. The molecule has 0 atom stereocenters. The molecule has 0 aliphatic rings. The molecule has 2 aromatic rings. The second kappa shape index (κ2) is 8.20. The van der Waals surface area contributed by atoms with E-state index < -0.39 is 10.8 Å². The van der Waals surface area contributed by atoms with Gasteiger partial charge in [-0.2, -0.15) is 0 Å². The second-order valence-corrected chi connectivity index (χ2v) is 4.46. The largest absolute Gasteiger partial charge is 0.477 e. The first-order valence-corrected chi connectivity index (χ1v) is 6.83. The van der Waals surface area contributed by atoms with Crippen molar-refractivity contribution in [2.75, 3.05) is 13.2 Å². The third-order valence-corrected chi connectivity index (χ3v) is 2.80. The van der Waals surface area contributed by atoms with Crippen molar-refractivity contribution in [2.24, 2.45) is 0 Å². The van der Waals surface area contributed by atoms with Crippen molar-refractivity contribution in [1.82, 2.24) is 5.32 Å². The lowest BCUT2D eigenvalue weighted by Crippen LogP contribution is -2.29. The van der Waals surface area contributed by atoms with Crippen molar-refractivity contribution >= 4 is 11.6 Å². The van der Waals surface area contributed by atoms with Crippen molar-refractivity contribution in [2.45, 2.75) is 0 Å². The summed E-state index contributed by atoms with van der Waals surface area (Å²) in [6.07, 6.45) is 0. The Bertz CT molecular complexity index is 748. The van der Waals surface area contributed by atoms with Crippen LogP contribution < -0.4 is 10.1 Å². The van der Waals surface area contributed by atoms with Gasteiger partial charge in [-0.1, -0.05) is 42.2 Å². The van der Waals surface area contributed by atoms with Crippen molar-refractivity contribution in [3.8, 4) is 17.6 Å². The molecule has 6 nitrogen and oxygen atoms in total. The number of carbonyl (C=O) groups is 1. The van der Waals surface area contributed by atoms with E-state index in [4.69, 9.17) is 4.74 Å². The van der Waals surface area contributed by atoms with Gasteiger partial charge in [0.1, 0.15) is 0 Å². The topological polar surface area (TPSA) is 81.5 Å². The average molecular weight is 310 g/mol. The van der Waals surface area contributed by atoms with Gasteiger partial charge in [0.15, 0.2) is 12.4 Å². The molecule has 0 bridgehead atoms. The zero-order valence-electron chi connectivity index (χ0n) is 12.2. The predicted molar refractivity (Wildman–Crippen MR) is 84.9 cm³/mol. The van der Waals surface area contributed by atoms with Crippen molar-refractivity contribution < 1.29 is 14.5 Å². The number of carbonyl (C=O) groups excluding carboxylic acids is 1. The Kier molecular flexibility index (Phi) is 5.72. The van der Waals surface area contributed by atoms with E-state index in [0.717, 1.165) is 5.56 Å². The number of nitrogens with one attached hydrogen (secondary N) is 1. The Hall–Kier alpha value is -3.33. The minimum absolute atomic E-state index is 0.0584. The molecule has 1 amide bonds. The Morgan fingerprint density at radius 2 is 1.83 bits per heavy atom. The van der Waals surface area contributed by atoms with E-state index in [1.807, 2.05) is 30.3 Å². The second-order valence-electron chi connectivity index (χ2n) is 4.46. The number of para-hydroxylation sites is 2. The SMILES string of the molecule is O=C(COc1ccccc1[N+](=O)[O-])NCC#Cc1ccccc1. The molecule has 0 fully saturated rings. The molecular weight excluding hydrogens is 296 g/mol. The highest BCUT2D eigenvalue weighted by Crippen LogP contribution is 2.25. The van der Waals surface area contributed by atoms with Crippen LogP contribution in [0.3, 0.4) is 0 Å². The normalized spacial score (nSPS) is 9.39. The highest BCUT2D eigenvalue weighted by Gasteiger charge is 2.14. The van der Waals surface area contributed by atoms with Gasteiger partial charge >= 0.3 is 5.69 Å². The summed E-state index contributed by atoms with van der Waals surface area (Å²) in [7, 11) is 0. The zero-order chi connectivity index (χ0) is 16.5. The van der Waals surface area contributed by atoms with Crippen LogP contribution in [0.4, 0.5) is 5.69 Å². The van der Waals surface area contributed by atoms with Gasteiger partial charge in [0.25, 0.3) is 5.91 Å². The van der Waals surface area contributed by atoms with E-state index in [1.54, 1.807) is 6.07 Å². The summed E-state index contributed by atoms with van der Waals surface area (Å²) in [5.74, 6) is 5.38. The molecule has 0 heterocycles. The van der Waals surface area contributed by atoms with Crippen molar-refractivity contribution in [3.63, 3.8) is 0 Å². The van der Waals surface area contributed by atoms with Gasteiger partial charge in [-0.05, 0) is 18.2 Å². The van der Waals surface area contributed by atoms with Crippen LogP contribution in [-0.2, 0) is 4.79 Å². The number of benzene rings is 2. The summed E-state index contributed by atoms with van der Waals surface area (Å²) in [5.41, 5.74) is 0.682. The van der Waals surface area contributed by atoms with Crippen LogP contribution in [0.2, 0.25) is 0 Å². The molecule has 2 rings (SSSR count). The maximum absolute atomic E-state index is 11.6.